The van der Waals surface area contributed by atoms with E-state index in [-0.39, 0.29) is 12.4 Å². The van der Waals surface area contributed by atoms with E-state index in [1.807, 2.05) is 36.4 Å². The fourth-order valence-electron chi connectivity index (χ4n) is 3.16. The minimum absolute atomic E-state index is 0. The van der Waals surface area contributed by atoms with Gasteiger partial charge in [-0.05, 0) is 35.7 Å². The van der Waals surface area contributed by atoms with Crippen LogP contribution in [0.2, 0.25) is 0 Å². The first-order valence-electron chi connectivity index (χ1n) is 9.85. The van der Waals surface area contributed by atoms with Gasteiger partial charge in [-0.2, -0.15) is 15.2 Å². The van der Waals surface area contributed by atoms with Crippen molar-refractivity contribution in [3.05, 3.63) is 71.5 Å². The first kappa shape index (κ1) is 23.0. The molecule has 2 N–H and O–H groups in total. The van der Waals surface area contributed by atoms with Gasteiger partial charge in [0.1, 0.15) is 11.6 Å². The molecule has 0 unspecified atom stereocenters. The first-order chi connectivity index (χ1) is 15.2. The van der Waals surface area contributed by atoms with Crippen molar-refractivity contribution in [1.29, 1.82) is 0 Å². The van der Waals surface area contributed by atoms with Gasteiger partial charge < -0.3 is 14.8 Å². The Balaban J connectivity index is 0.00000289. The third-order valence-electron chi connectivity index (χ3n) is 4.74. The number of nitrogens with one attached hydrogen (secondary N) is 2. The summed E-state index contributed by atoms with van der Waals surface area (Å²) in [7, 11) is 3.23. The second-order valence-electron chi connectivity index (χ2n) is 6.86. The third-order valence-corrected chi connectivity index (χ3v) is 4.74. The van der Waals surface area contributed by atoms with Crippen LogP contribution in [0.1, 0.15) is 17.0 Å². The summed E-state index contributed by atoms with van der Waals surface area (Å²) in [5.41, 5.74) is 4.00. The Morgan fingerprint density at radius 3 is 2.50 bits per heavy atom. The lowest BCUT2D eigenvalue weighted by atomic mass is 10.1. The number of tetrazole rings is 1. The molecule has 0 aliphatic heterocycles. The number of hydrogen-bond donors (Lipinski definition) is 2. The van der Waals surface area contributed by atoms with Crippen LogP contribution < -0.4 is 14.8 Å². The maximum absolute atomic E-state index is 5.31. The first-order valence-corrected chi connectivity index (χ1v) is 9.85. The van der Waals surface area contributed by atoms with Crippen LogP contribution in [-0.4, -0.2) is 51.4 Å². The Labute approximate surface area is 192 Å². The maximum atomic E-state index is 5.31. The lowest BCUT2D eigenvalue weighted by Crippen LogP contribution is -2.08. The zero-order valence-corrected chi connectivity index (χ0v) is 18.6. The van der Waals surface area contributed by atoms with Crippen LogP contribution >= 0.6 is 12.4 Å². The number of aromatic amines is 1. The quantitative estimate of drug-likeness (QED) is 0.397. The lowest BCUT2D eigenvalue weighted by Gasteiger charge is -2.10. The Hall–Kier alpha value is -3.72. The molecular formula is C22H24ClN7O2. The van der Waals surface area contributed by atoms with Gasteiger partial charge >= 0.3 is 6.01 Å². The molecule has 32 heavy (non-hydrogen) atoms. The van der Waals surface area contributed by atoms with Crippen molar-refractivity contribution >= 4 is 18.2 Å². The minimum Gasteiger partial charge on any atom is -0.497 e. The molecule has 0 saturated heterocycles. The second kappa shape index (κ2) is 11.1. The predicted molar refractivity (Wildman–Crippen MR) is 123 cm³/mol. The van der Waals surface area contributed by atoms with E-state index in [9.17, 15) is 0 Å². The molecule has 10 heteroatoms. The Morgan fingerprint density at radius 1 is 0.938 bits per heavy atom. The van der Waals surface area contributed by atoms with E-state index in [1.54, 1.807) is 14.2 Å². The van der Waals surface area contributed by atoms with Crippen molar-refractivity contribution < 1.29 is 9.47 Å². The molecule has 4 aromatic rings. The second-order valence-corrected chi connectivity index (χ2v) is 6.86. The maximum Gasteiger partial charge on any atom is 0.318 e. The molecule has 0 aliphatic rings. The number of nitrogens with zero attached hydrogens (tertiary/aromatic N) is 5. The van der Waals surface area contributed by atoms with Crippen LogP contribution in [-0.2, 0) is 12.8 Å². The molecule has 2 aromatic heterocycles. The van der Waals surface area contributed by atoms with Gasteiger partial charge in [0.15, 0.2) is 5.82 Å². The summed E-state index contributed by atoms with van der Waals surface area (Å²) in [6, 6.07) is 18.3. The van der Waals surface area contributed by atoms with Crippen molar-refractivity contribution in [2.24, 2.45) is 0 Å². The molecule has 2 aromatic carbocycles. The lowest BCUT2D eigenvalue weighted by molar-refractivity contribution is 0.381. The van der Waals surface area contributed by atoms with Gasteiger partial charge in [0.2, 0.25) is 0 Å². The van der Waals surface area contributed by atoms with Crippen LogP contribution in [0.15, 0.2) is 54.6 Å². The normalized spacial score (nSPS) is 10.3. The SMILES string of the molecule is COc1ccc(CCNc2cc(-c3cccc(Cc4nn[nH]n4)c3)nc(OC)n2)cc1.Cl. The molecule has 0 amide bonds. The van der Waals surface area contributed by atoms with Crippen molar-refractivity contribution in [2.75, 3.05) is 26.1 Å². The third kappa shape index (κ3) is 5.92. The fraction of sp³-hybridized carbons (Fsp3) is 0.227. The van der Waals surface area contributed by atoms with Gasteiger partial charge in [0.25, 0.3) is 0 Å². The van der Waals surface area contributed by atoms with E-state index in [0.29, 0.717) is 24.1 Å². The highest BCUT2D eigenvalue weighted by Gasteiger charge is 2.09. The molecule has 166 valence electrons. The molecule has 0 aliphatic carbocycles. The Morgan fingerprint density at radius 2 is 1.78 bits per heavy atom. The van der Waals surface area contributed by atoms with Crippen LogP contribution in [0, 0.1) is 0 Å². The predicted octanol–water partition coefficient (Wildman–Crippen LogP) is 3.34. The van der Waals surface area contributed by atoms with Crippen LogP contribution in [0.5, 0.6) is 11.8 Å². The van der Waals surface area contributed by atoms with Gasteiger partial charge in [-0.25, -0.2) is 0 Å². The average Bonchev–Trinajstić information content (AvgIpc) is 3.32. The van der Waals surface area contributed by atoms with Crippen LogP contribution in [0.3, 0.4) is 0 Å². The van der Waals surface area contributed by atoms with Gasteiger partial charge in [0.05, 0.1) is 19.9 Å². The number of halogens is 1. The zero-order valence-electron chi connectivity index (χ0n) is 17.8. The van der Waals surface area contributed by atoms with Crippen molar-refractivity contribution in [3.8, 4) is 23.0 Å². The van der Waals surface area contributed by atoms with E-state index < -0.39 is 0 Å². The molecule has 2 heterocycles. The van der Waals surface area contributed by atoms with Crippen LogP contribution in [0.25, 0.3) is 11.3 Å². The summed E-state index contributed by atoms with van der Waals surface area (Å²) in [5.74, 6) is 2.20. The molecule has 0 atom stereocenters. The molecular weight excluding hydrogens is 430 g/mol. The van der Waals surface area contributed by atoms with Crippen LogP contribution in [0.4, 0.5) is 5.82 Å². The number of hydrogen-bond acceptors (Lipinski definition) is 8. The van der Waals surface area contributed by atoms with Crippen molar-refractivity contribution in [2.45, 2.75) is 12.8 Å². The van der Waals surface area contributed by atoms with Gasteiger partial charge in [-0.3, -0.25) is 0 Å². The molecule has 0 bridgehead atoms. The largest absolute Gasteiger partial charge is 0.497 e. The molecule has 0 spiro atoms. The topological polar surface area (TPSA) is 111 Å². The Bertz CT molecular complexity index is 1120. The fourth-order valence-corrected chi connectivity index (χ4v) is 3.16. The van der Waals surface area contributed by atoms with Gasteiger partial charge in [-0.1, -0.05) is 35.5 Å². The summed E-state index contributed by atoms with van der Waals surface area (Å²) < 4.78 is 10.5. The zero-order chi connectivity index (χ0) is 21.5. The highest BCUT2D eigenvalue weighted by molar-refractivity contribution is 5.85. The number of anilines is 1. The molecule has 9 nitrogen and oxygen atoms in total. The standard InChI is InChI=1S/C22H23N7O2.ClH/c1-30-18-8-6-15(7-9-18)10-11-23-20-14-19(24-22(25-20)31-2)17-5-3-4-16(12-17)13-21-26-28-29-27-21;/h3-9,12,14H,10-11,13H2,1-2H3,(H,23,24,25)(H,26,27,28,29);1H. The molecule has 4 rings (SSSR count). The minimum atomic E-state index is 0. The molecule has 0 fully saturated rings. The average molecular weight is 454 g/mol. The molecule has 0 radical (unpaired) electrons. The number of aromatic nitrogens is 6. The van der Waals surface area contributed by atoms with E-state index in [1.165, 1.54) is 5.56 Å². The van der Waals surface area contributed by atoms with E-state index >= 15 is 0 Å². The number of benzene rings is 2. The highest BCUT2D eigenvalue weighted by Crippen LogP contribution is 2.24. The number of H-pyrrole nitrogens is 1. The number of ether oxygens (including phenoxy) is 2. The highest BCUT2D eigenvalue weighted by atomic mass is 35.5. The van der Waals surface area contributed by atoms with Crippen molar-refractivity contribution in [1.82, 2.24) is 30.6 Å². The summed E-state index contributed by atoms with van der Waals surface area (Å²) in [4.78, 5) is 8.93. The van der Waals surface area contributed by atoms with Gasteiger partial charge in [0, 0.05) is 24.6 Å². The van der Waals surface area contributed by atoms with E-state index in [2.05, 4.69) is 54.1 Å². The van der Waals surface area contributed by atoms with E-state index in [4.69, 9.17) is 9.47 Å². The monoisotopic (exact) mass is 453 g/mol. The molecule has 0 saturated carbocycles. The van der Waals surface area contributed by atoms with E-state index in [0.717, 1.165) is 35.5 Å². The summed E-state index contributed by atoms with van der Waals surface area (Å²) in [6.07, 6.45) is 1.44. The summed E-state index contributed by atoms with van der Waals surface area (Å²) >= 11 is 0. The number of rotatable bonds is 9. The summed E-state index contributed by atoms with van der Waals surface area (Å²) in [6.45, 7) is 0.726. The number of methoxy groups -OCH3 is 2. The Kier molecular flexibility index (Phi) is 7.93. The van der Waals surface area contributed by atoms with Crippen molar-refractivity contribution in [3.63, 3.8) is 0 Å². The summed E-state index contributed by atoms with van der Waals surface area (Å²) in [5, 5.41) is 17.5. The van der Waals surface area contributed by atoms with Gasteiger partial charge in [-0.15, -0.1) is 22.6 Å². The smallest absolute Gasteiger partial charge is 0.318 e.